The molecule has 0 spiro atoms. The summed E-state index contributed by atoms with van der Waals surface area (Å²) in [6, 6.07) is 0. The smallest absolute Gasteiger partial charge is 0.325 e. The van der Waals surface area contributed by atoms with E-state index >= 15 is 0 Å². The Morgan fingerprint density at radius 1 is 1.75 bits per heavy atom. The molecule has 0 N–H and O–H groups in total. The molecule has 1 unspecified atom stereocenters. The first-order chi connectivity index (χ1) is 5.69. The molecule has 0 saturated carbocycles. The Balaban J connectivity index is 2.50. The van der Waals surface area contributed by atoms with Crippen molar-refractivity contribution in [2.24, 2.45) is 0 Å². The lowest BCUT2D eigenvalue weighted by atomic mass is 10.0. The van der Waals surface area contributed by atoms with E-state index in [1.54, 1.807) is 6.92 Å². The molecule has 1 aliphatic heterocycles. The van der Waals surface area contributed by atoms with Gasteiger partial charge in [0.1, 0.15) is 4.32 Å². The Hall–Kier alpha value is -0.0900. The number of halogens is 1. The van der Waals surface area contributed by atoms with Gasteiger partial charge in [0.15, 0.2) is 0 Å². The van der Waals surface area contributed by atoms with Gasteiger partial charge in [-0.25, -0.2) is 0 Å². The maximum Gasteiger partial charge on any atom is 0.325 e. The molecule has 0 aromatic rings. The van der Waals surface area contributed by atoms with Crippen LogP contribution in [-0.2, 0) is 14.3 Å². The molecule has 1 aliphatic rings. The van der Waals surface area contributed by atoms with Gasteiger partial charge >= 0.3 is 5.97 Å². The highest BCUT2D eigenvalue weighted by Crippen LogP contribution is 2.29. The number of rotatable bonds is 2. The zero-order valence-electron chi connectivity index (χ0n) is 7.14. The molecule has 0 aromatic heterocycles. The fraction of sp³-hybridized carbons (Fsp3) is 0.875. The van der Waals surface area contributed by atoms with Crippen LogP contribution in [0.3, 0.4) is 0 Å². The van der Waals surface area contributed by atoms with Gasteiger partial charge in [-0.15, -0.1) is 0 Å². The minimum absolute atomic E-state index is 0.204. The van der Waals surface area contributed by atoms with E-state index in [1.807, 2.05) is 0 Å². The summed E-state index contributed by atoms with van der Waals surface area (Å²) in [5, 5.41) is 0. The van der Waals surface area contributed by atoms with E-state index in [0.29, 0.717) is 13.2 Å². The molecule has 1 rings (SSSR count). The topological polar surface area (TPSA) is 35.5 Å². The van der Waals surface area contributed by atoms with Crippen molar-refractivity contribution >= 4 is 21.9 Å². The third-order valence-corrected chi connectivity index (χ3v) is 2.78. The second-order valence-electron chi connectivity index (χ2n) is 2.84. The normalized spacial score (nSPS) is 29.8. The molecule has 0 aromatic carbocycles. The highest BCUT2D eigenvalue weighted by molar-refractivity contribution is 9.10. The van der Waals surface area contributed by atoms with Crippen LogP contribution in [0.25, 0.3) is 0 Å². The van der Waals surface area contributed by atoms with E-state index < -0.39 is 4.32 Å². The number of esters is 1. The van der Waals surface area contributed by atoms with Gasteiger partial charge in [0.05, 0.1) is 13.2 Å². The molecule has 0 bridgehead atoms. The average molecular weight is 237 g/mol. The zero-order valence-corrected chi connectivity index (χ0v) is 8.72. The van der Waals surface area contributed by atoms with Crippen molar-refractivity contribution in [2.45, 2.75) is 24.1 Å². The van der Waals surface area contributed by atoms with E-state index in [0.717, 1.165) is 19.4 Å². The maximum absolute atomic E-state index is 11.4. The van der Waals surface area contributed by atoms with Crippen molar-refractivity contribution in [1.82, 2.24) is 0 Å². The number of carbonyl (C=O) groups excluding carboxylic acids is 1. The lowest BCUT2D eigenvalue weighted by Crippen LogP contribution is -2.41. The van der Waals surface area contributed by atoms with Crippen LogP contribution in [0.15, 0.2) is 0 Å². The summed E-state index contributed by atoms with van der Waals surface area (Å²) in [5.74, 6) is -0.204. The van der Waals surface area contributed by atoms with Crippen LogP contribution in [0.2, 0.25) is 0 Å². The summed E-state index contributed by atoms with van der Waals surface area (Å²) < 4.78 is 9.54. The molecule has 0 aliphatic carbocycles. The minimum atomic E-state index is -0.582. The minimum Gasteiger partial charge on any atom is -0.465 e. The van der Waals surface area contributed by atoms with Crippen molar-refractivity contribution in [3.05, 3.63) is 0 Å². The monoisotopic (exact) mass is 236 g/mol. The van der Waals surface area contributed by atoms with Crippen LogP contribution in [0.4, 0.5) is 0 Å². The second kappa shape index (κ2) is 4.23. The Labute approximate surface area is 80.5 Å². The van der Waals surface area contributed by atoms with E-state index in [4.69, 9.17) is 9.47 Å². The highest BCUT2D eigenvalue weighted by Gasteiger charge is 2.39. The number of alkyl halides is 1. The van der Waals surface area contributed by atoms with Crippen LogP contribution in [0.1, 0.15) is 19.8 Å². The highest BCUT2D eigenvalue weighted by atomic mass is 79.9. The summed E-state index contributed by atoms with van der Waals surface area (Å²) in [7, 11) is 0. The summed E-state index contributed by atoms with van der Waals surface area (Å²) in [6.45, 7) is 3.39. The van der Waals surface area contributed by atoms with Crippen LogP contribution < -0.4 is 0 Å². The molecule has 1 heterocycles. The first kappa shape index (κ1) is 9.99. The largest absolute Gasteiger partial charge is 0.465 e. The van der Waals surface area contributed by atoms with Gasteiger partial charge in [0, 0.05) is 6.61 Å². The van der Waals surface area contributed by atoms with Gasteiger partial charge in [-0.1, -0.05) is 15.9 Å². The van der Waals surface area contributed by atoms with E-state index in [9.17, 15) is 4.79 Å². The molecule has 1 saturated heterocycles. The third kappa shape index (κ3) is 2.20. The number of carbonyl (C=O) groups is 1. The second-order valence-corrected chi connectivity index (χ2v) is 4.36. The van der Waals surface area contributed by atoms with Gasteiger partial charge in [-0.3, -0.25) is 4.79 Å². The first-order valence-electron chi connectivity index (χ1n) is 4.13. The predicted molar refractivity (Wildman–Crippen MR) is 48.3 cm³/mol. The molecule has 12 heavy (non-hydrogen) atoms. The standard InChI is InChI=1S/C8H13BrO3/c1-2-12-7(10)8(9)4-3-5-11-6-8/h2-6H2,1H3. The number of ether oxygens (including phenoxy) is 2. The molecule has 70 valence electrons. The number of hydrogen-bond acceptors (Lipinski definition) is 3. The van der Waals surface area contributed by atoms with Gasteiger partial charge < -0.3 is 9.47 Å². The zero-order chi connectivity index (χ0) is 9.03. The lowest BCUT2D eigenvalue weighted by molar-refractivity contribution is -0.149. The van der Waals surface area contributed by atoms with Gasteiger partial charge in [-0.05, 0) is 19.8 Å². The summed E-state index contributed by atoms with van der Waals surface area (Å²) >= 11 is 3.36. The maximum atomic E-state index is 11.4. The van der Waals surface area contributed by atoms with Gasteiger partial charge in [-0.2, -0.15) is 0 Å². The van der Waals surface area contributed by atoms with Crippen LogP contribution in [0, 0.1) is 0 Å². The molecule has 1 fully saturated rings. The average Bonchev–Trinajstić information content (AvgIpc) is 2.06. The molecule has 4 heteroatoms. The van der Waals surface area contributed by atoms with Crippen molar-refractivity contribution in [1.29, 1.82) is 0 Å². The van der Waals surface area contributed by atoms with Crippen molar-refractivity contribution in [3.63, 3.8) is 0 Å². The van der Waals surface area contributed by atoms with Gasteiger partial charge in [0.2, 0.25) is 0 Å². The van der Waals surface area contributed by atoms with E-state index in [1.165, 1.54) is 0 Å². The van der Waals surface area contributed by atoms with Crippen LogP contribution in [0.5, 0.6) is 0 Å². The van der Waals surface area contributed by atoms with Crippen molar-refractivity contribution in [3.8, 4) is 0 Å². The van der Waals surface area contributed by atoms with E-state index in [-0.39, 0.29) is 5.97 Å². The molecule has 0 amide bonds. The third-order valence-electron chi connectivity index (χ3n) is 1.83. The summed E-state index contributed by atoms with van der Waals surface area (Å²) in [4.78, 5) is 11.4. The lowest BCUT2D eigenvalue weighted by Gasteiger charge is -2.28. The van der Waals surface area contributed by atoms with Crippen LogP contribution >= 0.6 is 15.9 Å². The van der Waals surface area contributed by atoms with Crippen molar-refractivity contribution in [2.75, 3.05) is 19.8 Å². The molecular weight excluding hydrogens is 224 g/mol. The predicted octanol–water partition coefficient (Wildman–Crippen LogP) is 1.49. The Bertz CT molecular complexity index is 164. The Morgan fingerprint density at radius 2 is 2.50 bits per heavy atom. The summed E-state index contributed by atoms with van der Waals surface area (Å²) in [6.07, 6.45) is 1.70. The SMILES string of the molecule is CCOC(=O)C1(Br)CCCOC1. The molecule has 0 radical (unpaired) electrons. The quantitative estimate of drug-likeness (QED) is 0.539. The van der Waals surface area contributed by atoms with Crippen molar-refractivity contribution < 1.29 is 14.3 Å². The molecule has 1 atom stereocenters. The molecule has 3 nitrogen and oxygen atoms in total. The summed E-state index contributed by atoms with van der Waals surface area (Å²) in [5.41, 5.74) is 0. The Kier molecular flexibility index (Phi) is 3.53. The number of hydrogen-bond donors (Lipinski definition) is 0. The van der Waals surface area contributed by atoms with E-state index in [2.05, 4.69) is 15.9 Å². The van der Waals surface area contributed by atoms with Gasteiger partial charge in [0.25, 0.3) is 0 Å². The van der Waals surface area contributed by atoms with Crippen LogP contribution in [-0.4, -0.2) is 30.1 Å². The Morgan fingerprint density at radius 3 is 3.00 bits per heavy atom. The fourth-order valence-corrected chi connectivity index (χ4v) is 1.74. The fourth-order valence-electron chi connectivity index (χ4n) is 1.18. The molecular formula is C8H13BrO3. The first-order valence-corrected chi connectivity index (χ1v) is 4.92.